The van der Waals surface area contributed by atoms with Gasteiger partial charge < -0.3 is 15.1 Å². The molecule has 0 amide bonds. The predicted molar refractivity (Wildman–Crippen MR) is 53.4 cm³/mol. The number of anilines is 1. The van der Waals surface area contributed by atoms with E-state index >= 15 is 0 Å². The fourth-order valence-corrected chi connectivity index (χ4v) is 1.23. The van der Waals surface area contributed by atoms with Gasteiger partial charge >= 0.3 is 6.18 Å². The van der Waals surface area contributed by atoms with Gasteiger partial charge in [0.25, 0.3) is 0 Å². The average Bonchev–Trinajstić information content (AvgIpc) is 2.28. The molecule has 0 aromatic carbocycles. The first-order chi connectivity index (χ1) is 7.99. The van der Waals surface area contributed by atoms with Crippen LogP contribution in [-0.4, -0.2) is 46.7 Å². The Morgan fingerprint density at radius 3 is 2.00 bits per heavy atom. The van der Waals surface area contributed by atoms with E-state index in [-0.39, 0.29) is 32.1 Å². The highest BCUT2D eigenvalue weighted by molar-refractivity contribution is 5.37. The van der Waals surface area contributed by atoms with Crippen LogP contribution in [-0.2, 0) is 6.18 Å². The number of nitrogens with zero attached hydrogens (tertiary/aromatic N) is 3. The van der Waals surface area contributed by atoms with Gasteiger partial charge in [-0.3, -0.25) is 0 Å². The molecular weight excluding hydrogens is 239 g/mol. The topological polar surface area (TPSA) is 69.5 Å². The summed E-state index contributed by atoms with van der Waals surface area (Å²) in [5.74, 6) is 0.182. The van der Waals surface area contributed by atoms with Gasteiger partial charge in [-0.1, -0.05) is 0 Å². The highest BCUT2D eigenvalue weighted by Crippen LogP contribution is 2.27. The lowest BCUT2D eigenvalue weighted by Gasteiger charge is -2.21. The van der Waals surface area contributed by atoms with Crippen molar-refractivity contribution in [1.29, 1.82) is 0 Å². The number of aliphatic hydroxyl groups excluding tert-OH is 2. The molecule has 0 saturated heterocycles. The second-order valence-corrected chi connectivity index (χ2v) is 3.21. The molecule has 96 valence electrons. The van der Waals surface area contributed by atoms with Crippen LogP contribution in [0.2, 0.25) is 0 Å². The van der Waals surface area contributed by atoms with Gasteiger partial charge in [-0.15, -0.1) is 10.2 Å². The maximum atomic E-state index is 12.2. The molecule has 1 rings (SSSR count). The molecule has 0 saturated carbocycles. The second kappa shape index (κ2) is 5.78. The van der Waals surface area contributed by atoms with Gasteiger partial charge in [0.05, 0.1) is 13.2 Å². The molecule has 0 aliphatic heterocycles. The summed E-state index contributed by atoms with van der Waals surface area (Å²) in [6.07, 6.45) is -4.52. The first-order valence-electron chi connectivity index (χ1n) is 4.86. The van der Waals surface area contributed by atoms with Crippen molar-refractivity contribution in [2.45, 2.75) is 6.18 Å². The molecule has 0 bridgehead atoms. The molecule has 0 spiro atoms. The quantitative estimate of drug-likeness (QED) is 0.787. The van der Waals surface area contributed by atoms with E-state index in [2.05, 4.69) is 10.2 Å². The Morgan fingerprint density at radius 1 is 1.06 bits per heavy atom. The summed E-state index contributed by atoms with van der Waals surface area (Å²) in [5, 5.41) is 24.0. The van der Waals surface area contributed by atoms with Crippen molar-refractivity contribution in [3.8, 4) is 0 Å². The third-order valence-electron chi connectivity index (χ3n) is 2.00. The summed E-state index contributed by atoms with van der Waals surface area (Å²) in [7, 11) is 0. The van der Waals surface area contributed by atoms with Crippen LogP contribution in [0.25, 0.3) is 0 Å². The lowest BCUT2D eigenvalue weighted by molar-refractivity contribution is -0.141. The van der Waals surface area contributed by atoms with Gasteiger partial charge in [0, 0.05) is 13.1 Å². The largest absolute Gasteiger partial charge is 0.435 e. The SMILES string of the molecule is OCCN(CCO)c1ccc(C(F)(F)F)nn1. The Kier molecular flexibility index (Phi) is 4.64. The molecule has 0 radical (unpaired) electrons. The molecule has 0 atom stereocenters. The van der Waals surface area contributed by atoms with Gasteiger partial charge in [0.15, 0.2) is 11.5 Å². The van der Waals surface area contributed by atoms with Crippen molar-refractivity contribution >= 4 is 5.82 Å². The molecular formula is C9H12F3N3O2. The van der Waals surface area contributed by atoms with Crippen LogP contribution in [0.5, 0.6) is 0 Å². The van der Waals surface area contributed by atoms with Crippen molar-refractivity contribution in [1.82, 2.24) is 10.2 Å². The van der Waals surface area contributed by atoms with E-state index in [1.165, 1.54) is 4.90 Å². The number of hydrogen-bond donors (Lipinski definition) is 2. The maximum absolute atomic E-state index is 12.2. The van der Waals surface area contributed by atoms with E-state index in [1.807, 2.05) is 0 Å². The van der Waals surface area contributed by atoms with Crippen molar-refractivity contribution in [2.75, 3.05) is 31.2 Å². The molecule has 0 aliphatic carbocycles. The number of rotatable bonds is 5. The molecule has 17 heavy (non-hydrogen) atoms. The van der Waals surface area contributed by atoms with Crippen LogP contribution in [0.15, 0.2) is 12.1 Å². The number of aromatic nitrogens is 2. The predicted octanol–water partition coefficient (Wildman–Crippen LogP) is 0.286. The molecule has 2 N–H and O–H groups in total. The van der Waals surface area contributed by atoms with E-state index in [0.717, 1.165) is 12.1 Å². The van der Waals surface area contributed by atoms with Crippen LogP contribution in [0.1, 0.15) is 5.69 Å². The van der Waals surface area contributed by atoms with Crippen LogP contribution >= 0.6 is 0 Å². The van der Waals surface area contributed by atoms with Gasteiger partial charge in [0.1, 0.15) is 0 Å². The molecule has 8 heteroatoms. The zero-order valence-corrected chi connectivity index (χ0v) is 8.85. The fraction of sp³-hybridized carbons (Fsp3) is 0.556. The average molecular weight is 251 g/mol. The summed E-state index contributed by atoms with van der Waals surface area (Å²) < 4.78 is 36.7. The normalized spacial score (nSPS) is 11.6. The smallest absolute Gasteiger partial charge is 0.395 e. The number of halogens is 3. The monoisotopic (exact) mass is 251 g/mol. The van der Waals surface area contributed by atoms with Gasteiger partial charge in [-0.2, -0.15) is 13.2 Å². The van der Waals surface area contributed by atoms with E-state index in [1.54, 1.807) is 0 Å². The molecule has 1 heterocycles. The van der Waals surface area contributed by atoms with E-state index in [4.69, 9.17) is 10.2 Å². The van der Waals surface area contributed by atoms with Gasteiger partial charge in [-0.25, -0.2) is 0 Å². The fourth-order valence-electron chi connectivity index (χ4n) is 1.23. The minimum absolute atomic E-state index is 0.167. The molecule has 0 unspecified atom stereocenters. The summed E-state index contributed by atoms with van der Waals surface area (Å²) in [6, 6.07) is 1.96. The lowest BCUT2D eigenvalue weighted by Crippen LogP contribution is -2.30. The highest BCUT2D eigenvalue weighted by atomic mass is 19.4. The Hall–Kier alpha value is -1.41. The maximum Gasteiger partial charge on any atom is 0.435 e. The third kappa shape index (κ3) is 3.82. The first-order valence-corrected chi connectivity index (χ1v) is 4.86. The Labute approximate surface area is 95.5 Å². The molecule has 5 nitrogen and oxygen atoms in total. The lowest BCUT2D eigenvalue weighted by atomic mass is 10.3. The molecule has 0 aliphatic rings. The number of hydrogen-bond acceptors (Lipinski definition) is 5. The Balaban J connectivity index is 2.84. The van der Waals surface area contributed by atoms with E-state index in [9.17, 15) is 13.2 Å². The first kappa shape index (κ1) is 13.7. The standard InChI is InChI=1S/C9H12F3N3O2/c10-9(11,12)7-1-2-8(14-13-7)15(3-5-16)4-6-17/h1-2,16-17H,3-6H2. The van der Waals surface area contributed by atoms with Crippen molar-refractivity contribution in [3.05, 3.63) is 17.8 Å². The zero-order valence-electron chi connectivity index (χ0n) is 8.85. The summed E-state index contributed by atoms with van der Waals surface area (Å²) >= 11 is 0. The third-order valence-corrected chi connectivity index (χ3v) is 2.00. The van der Waals surface area contributed by atoms with Crippen molar-refractivity contribution in [3.63, 3.8) is 0 Å². The van der Waals surface area contributed by atoms with Crippen LogP contribution in [0.4, 0.5) is 19.0 Å². The van der Waals surface area contributed by atoms with Crippen LogP contribution in [0, 0.1) is 0 Å². The van der Waals surface area contributed by atoms with Crippen LogP contribution < -0.4 is 4.90 Å². The van der Waals surface area contributed by atoms with Crippen LogP contribution in [0.3, 0.4) is 0 Å². The number of aliphatic hydroxyl groups is 2. The summed E-state index contributed by atoms with van der Waals surface area (Å²) in [4.78, 5) is 1.44. The van der Waals surface area contributed by atoms with Crippen molar-refractivity contribution in [2.24, 2.45) is 0 Å². The highest BCUT2D eigenvalue weighted by Gasteiger charge is 2.33. The Morgan fingerprint density at radius 2 is 1.65 bits per heavy atom. The van der Waals surface area contributed by atoms with E-state index < -0.39 is 11.9 Å². The minimum Gasteiger partial charge on any atom is -0.395 e. The molecule has 1 aromatic rings. The zero-order chi connectivity index (χ0) is 12.9. The molecule has 0 fully saturated rings. The Bertz CT molecular complexity index is 336. The van der Waals surface area contributed by atoms with Gasteiger partial charge in [-0.05, 0) is 12.1 Å². The molecule has 1 aromatic heterocycles. The summed E-state index contributed by atoms with van der Waals surface area (Å²) in [6.45, 7) is -0.0490. The number of alkyl halides is 3. The second-order valence-electron chi connectivity index (χ2n) is 3.21. The van der Waals surface area contributed by atoms with Gasteiger partial charge in [0.2, 0.25) is 0 Å². The minimum atomic E-state index is -4.52. The summed E-state index contributed by atoms with van der Waals surface area (Å²) in [5.41, 5.74) is -1.07. The van der Waals surface area contributed by atoms with Crippen molar-refractivity contribution < 1.29 is 23.4 Å². The van der Waals surface area contributed by atoms with E-state index in [0.29, 0.717) is 0 Å².